The normalized spacial score (nSPS) is 18.1. The lowest BCUT2D eigenvalue weighted by Gasteiger charge is -2.32. The maximum Gasteiger partial charge on any atom is 0.417 e. The Kier molecular flexibility index (Phi) is 5.27. The van der Waals surface area contributed by atoms with Gasteiger partial charge >= 0.3 is 6.18 Å². The van der Waals surface area contributed by atoms with Crippen LogP contribution in [0.15, 0.2) is 24.3 Å². The summed E-state index contributed by atoms with van der Waals surface area (Å²) in [7, 11) is 0. The SMILES string of the molecule is Cc1cc(N2CCCC(C)C2)nc(Nc2ccc(Cl)c(C(F)(F)F)c2)n1. The Balaban J connectivity index is 1.86. The highest BCUT2D eigenvalue weighted by Gasteiger charge is 2.33. The molecule has 0 aliphatic carbocycles. The number of halogens is 4. The second kappa shape index (κ2) is 7.31. The summed E-state index contributed by atoms with van der Waals surface area (Å²) in [6, 6.07) is 5.56. The summed E-state index contributed by atoms with van der Waals surface area (Å²) in [4.78, 5) is 11.0. The van der Waals surface area contributed by atoms with E-state index in [4.69, 9.17) is 11.6 Å². The van der Waals surface area contributed by atoms with Crippen LogP contribution in [0, 0.1) is 12.8 Å². The Hall–Kier alpha value is -2.02. The van der Waals surface area contributed by atoms with Gasteiger partial charge in [0, 0.05) is 30.5 Å². The first-order chi connectivity index (χ1) is 12.2. The largest absolute Gasteiger partial charge is 0.417 e. The highest BCUT2D eigenvalue weighted by Crippen LogP contribution is 2.36. The van der Waals surface area contributed by atoms with Crippen molar-refractivity contribution in [1.29, 1.82) is 0 Å². The van der Waals surface area contributed by atoms with Crippen LogP contribution < -0.4 is 10.2 Å². The van der Waals surface area contributed by atoms with Gasteiger partial charge in [0.25, 0.3) is 0 Å². The molecule has 0 spiro atoms. The molecule has 3 rings (SSSR count). The van der Waals surface area contributed by atoms with Crippen molar-refractivity contribution in [2.24, 2.45) is 5.92 Å². The lowest BCUT2D eigenvalue weighted by Crippen LogP contribution is -2.35. The molecule has 0 radical (unpaired) electrons. The van der Waals surface area contributed by atoms with E-state index < -0.39 is 11.7 Å². The molecule has 4 nitrogen and oxygen atoms in total. The molecule has 1 fully saturated rings. The first kappa shape index (κ1) is 18.8. The van der Waals surface area contributed by atoms with Gasteiger partial charge in [-0.3, -0.25) is 0 Å². The summed E-state index contributed by atoms with van der Waals surface area (Å²) >= 11 is 5.66. The molecule has 2 aromatic rings. The standard InChI is InChI=1S/C18H20ClF3N4/c1-11-4-3-7-26(10-11)16-8-12(2)23-17(25-16)24-13-5-6-15(19)14(9-13)18(20,21)22/h5-6,8-9,11H,3-4,7,10H2,1-2H3,(H,23,24,25). The van der Waals surface area contributed by atoms with E-state index in [9.17, 15) is 13.2 Å². The van der Waals surface area contributed by atoms with E-state index in [2.05, 4.69) is 27.1 Å². The molecule has 26 heavy (non-hydrogen) atoms. The van der Waals surface area contributed by atoms with Gasteiger partial charge in [0.15, 0.2) is 0 Å². The molecular formula is C18H20ClF3N4. The van der Waals surface area contributed by atoms with E-state index in [1.54, 1.807) is 0 Å². The van der Waals surface area contributed by atoms with E-state index >= 15 is 0 Å². The first-order valence-corrected chi connectivity index (χ1v) is 8.84. The highest BCUT2D eigenvalue weighted by atomic mass is 35.5. The van der Waals surface area contributed by atoms with E-state index in [0.29, 0.717) is 5.92 Å². The maximum atomic E-state index is 13.0. The van der Waals surface area contributed by atoms with Gasteiger partial charge in [-0.2, -0.15) is 18.2 Å². The molecule has 1 N–H and O–H groups in total. The molecule has 8 heteroatoms. The average molecular weight is 385 g/mol. The van der Waals surface area contributed by atoms with Crippen molar-refractivity contribution in [2.75, 3.05) is 23.3 Å². The first-order valence-electron chi connectivity index (χ1n) is 8.47. The van der Waals surface area contributed by atoms with Gasteiger partial charge < -0.3 is 10.2 Å². The molecule has 1 aromatic heterocycles. The minimum atomic E-state index is -4.52. The van der Waals surface area contributed by atoms with Gasteiger partial charge in [-0.1, -0.05) is 18.5 Å². The number of aryl methyl sites for hydroxylation is 1. The summed E-state index contributed by atoms with van der Waals surface area (Å²) in [6.45, 7) is 5.87. The molecule has 1 aromatic carbocycles. The van der Waals surface area contributed by atoms with Gasteiger partial charge in [0.2, 0.25) is 5.95 Å². The van der Waals surface area contributed by atoms with Crippen LogP contribution >= 0.6 is 11.6 Å². The fourth-order valence-corrected chi connectivity index (χ4v) is 3.34. The number of nitrogens with one attached hydrogen (secondary N) is 1. The third-order valence-corrected chi connectivity index (χ3v) is 4.68. The Morgan fingerprint density at radius 2 is 2.00 bits per heavy atom. The fraction of sp³-hybridized carbons (Fsp3) is 0.444. The molecule has 2 heterocycles. The zero-order valence-electron chi connectivity index (χ0n) is 14.6. The van der Waals surface area contributed by atoms with Crippen LogP contribution in [-0.2, 0) is 6.18 Å². The van der Waals surface area contributed by atoms with Crippen molar-refractivity contribution in [2.45, 2.75) is 32.9 Å². The molecule has 0 saturated carbocycles. The van der Waals surface area contributed by atoms with Crippen LogP contribution in [0.1, 0.15) is 31.0 Å². The number of nitrogens with zero attached hydrogens (tertiary/aromatic N) is 3. The smallest absolute Gasteiger partial charge is 0.356 e. The zero-order chi connectivity index (χ0) is 18.9. The van der Waals surface area contributed by atoms with Crippen LogP contribution in [0.4, 0.5) is 30.6 Å². The van der Waals surface area contributed by atoms with Crippen molar-refractivity contribution in [1.82, 2.24) is 9.97 Å². The molecule has 0 amide bonds. The number of aromatic nitrogens is 2. The predicted octanol–water partition coefficient (Wildman–Crippen LogP) is 5.44. The van der Waals surface area contributed by atoms with Crippen LogP contribution in [0.5, 0.6) is 0 Å². The van der Waals surface area contributed by atoms with Crippen LogP contribution in [0.25, 0.3) is 0 Å². The van der Waals surface area contributed by atoms with Crippen molar-refractivity contribution in [3.05, 3.63) is 40.5 Å². The zero-order valence-corrected chi connectivity index (χ0v) is 15.3. The minimum Gasteiger partial charge on any atom is -0.356 e. The highest BCUT2D eigenvalue weighted by molar-refractivity contribution is 6.31. The molecule has 140 valence electrons. The average Bonchev–Trinajstić information content (AvgIpc) is 2.55. The van der Waals surface area contributed by atoms with Gasteiger partial charge in [-0.25, -0.2) is 4.98 Å². The van der Waals surface area contributed by atoms with E-state index in [0.717, 1.165) is 37.1 Å². The monoisotopic (exact) mass is 384 g/mol. The van der Waals surface area contributed by atoms with Gasteiger partial charge in [0.1, 0.15) is 5.82 Å². The summed E-state index contributed by atoms with van der Waals surface area (Å²) < 4.78 is 39.1. The molecule has 1 aliphatic heterocycles. The van der Waals surface area contributed by atoms with Crippen molar-refractivity contribution in [3.63, 3.8) is 0 Å². The third kappa shape index (κ3) is 4.38. The Morgan fingerprint density at radius 3 is 2.69 bits per heavy atom. The van der Waals surface area contributed by atoms with Crippen LogP contribution in [0.3, 0.4) is 0 Å². The number of rotatable bonds is 3. The number of benzene rings is 1. The van der Waals surface area contributed by atoms with Crippen molar-refractivity contribution in [3.8, 4) is 0 Å². The van der Waals surface area contributed by atoms with Crippen LogP contribution in [0.2, 0.25) is 5.02 Å². The second-order valence-corrected chi connectivity index (χ2v) is 7.11. The van der Waals surface area contributed by atoms with E-state index in [-0.39, 0.29) is 16.7 Å². The summed E-state index contributed by atoms with van der Waals surface area (Å²) in [6.07, 6.45) is -2.23. The Labute approximate surface area is 155 Å². The molecule has 1 saturated heterocycles. The van der Waals surface area contributed by atoms with E-state index in [1.165, 1.54) is 18.6 Å². The summed E-state index contributed by atoms with van der Waals surface area (Å²) in [5, 5.41) is 2.53. The lowest BCUT2D eigenvalue weighted by atomic mass is 10.0. The predicted molar refractivity (Wildman–Crippen MR) is 97.1 cm³/mol. The van der Waals surface area contributed by atoms with Crippen molar-refractivity contribution >= 4 is 29.1 Å². The molecule has 0 bridgehead atoms. The lowest BCUT2D eigenvalue weighted by molar-refractivity contribution is -0.137. The number of anilines is 3. The van der Waals surface area contributed by atoms with Gasteiger partial charge in [-0.05, 0) is 43.9 Å². The molecule has 1 aliphatic rings. The topological polar surface area (TPSA) is 41.1 Å². The Bertz CT molecular complexity index is 794. The summed E-state index contributed by atoms with van der Waals surface area (Å²) in [5.74, 6) is 1.64. The Morgan fingerprint density at radius 1 is 1.23 bits per heavy atom. The number of piperidine rings is 1. The second-order valence-electron chi connectivity index (χ2n) is 6.70. The fourth-order valence-electron chi connectivity index (χ4n) is 3.12. The maximum absolute atomic E-state index is 13.0. The van der Waals surface area contributed by atoms with Crippen molar-refractivity contribution < 1.29 is 13.2 Å². The summed E-state index contributed by atoms with van der Waals surface area (Å²) in [5.41, 5.74) is 0.105. The number of alkyl halides is 3. The third-order valence-electron chi connectivity index (χ3n) is 4.35. The number of hydrogen-bond donors (Lipinski definition) is 1. The molecule has 1 atom stereocenters. The van der Waals surface area contributed by atoms with Gasteiger partial charge in [0.05, 0.1) is 10.6 Å². The van der Waals surface area contributed by atoms with E-state index in [1.807, 2.05) is 13.0 Å². The molecule has 1 unspecified atom stereocenters. The van der Waals surface area contributed by atoms with Gasteiger partial charge in [-0.15, -0.1) is 0 Å². The molecular weight excluding hydrogens is 365 g/mol. The van der Waals surface area contributed by atoms with Crippen LogP contribution in [-0.4, -0.2) is 23.1 Å². The number of hydrogen-bond acceptors (Lipinski definition) is 4. The minimum absolute atomic E-state index is 0.241. The quantitative estimate of drug-likeness (QED) is 0.765.